The maximum absolute atomic E-state index is 12.2. The molecular weight excluding hydrogens is 258 g/mol. The van der Waals surface area contributed by atoms with Crippen molar-refractivity contribution < 1.29 is 14.7 Å². The van der Waals surface area contributed by atoms with Gasteiger partial charge in [-0.25, -0.2) is 0 Å². The van der Waals surface area contributed by atoms with Gasteiger partial charge in [-0.3, -0.25) is 4.79 Å². The molecule has 0 aliphatic carbocycles. The summed E-state index contributed by atoms with van der Waals surface area (Å²) in [4.78, 5) is 12.2. The SMILES string of the molecule is N/C(=N/O)c1cccc(C(=O)NC2CC3CCC2O3)c1. The van der Waals surface area contributed by atoms with E-state index in [-0.39, 0.29) is 23.9 Å². The first-order valence-corrected chi connectivity index (χ1v) is 6.71. The van der Waals surface area contributed by atoms with Crippen LogP contribution in [0.2, 0.25) is 0 Å². The van der Waals surface area contributed by atoms with Crippen molar-refractivity contribution in [2.45, 2.75) is 37.5 Å². The van der Waals surface area contributed by atoms with Gasteiger partial charge in [-0.1, -0.05) is 17.3 Å². The number of nitrogens with two attached hydrogens (primary N) is 1. The van der Waals surface area contributed by atoms with E-state index < -0.39 is 0 Å². The minimum Gasteiger partial charge on any atom is -0.409 e. The van der Waals surface area contributed by atoms with Crippen LogP contribution in [0.5, 0.6) is 0 Å². The highest BCUT2D eigenvalue weighted by molar-refractivity contribution is 6.01. The molecule has 106 valence electrons. The third-order valence-corrected chi connectivity index (χ3v) is 3.95. The number of hydrogen-bond donors (Lipinski definition) is 3. The zero-order chi connectivity index (χ0) is 14.1. The van der Waals surface area contributed by atoms with Crippen LogP contribution in [0.3, 0.4) is 0 Å². The Balaban J connectivity index is 1.71. The second-order valence-corrected chi connectivity index (χ2v) is 5.26. The summed E-state index contributed by atoms with van der Waals surface area (Å²) in [5.74, 6) is -0.165. The van der Waals surface area contributed by atoms with E-state index in [4.69, 9.17) is 15.7 Å². The van der Waals surface area contributed by atoms with Crippen LogP contribution in [0.15, 0.2) is 29.4 Å². The molecule has 0 spiro atoms. The number of nitrogens with zero attached hydrogens (tertiary/aromatic N) is 1. The lowest BCUT2D eigenvalue weighted by Crippen LogP contribution is -2.41. The maximum Gasteiger partial charge on any atom is 0.251 e. The van der Waals surface area contributed by atoms with E-state index in [1.54, 1.807) is 24.3 Å². The van der Waals surface area contributed by atoms with Gasteiger partial charge in [0.15, 0.2) is 5.84 Å². The van der Waals surface area contributed by atoms with Crippen LogP contribution in [0, 0.1) is 0 Å². The first-order valence-electron chi connectivity index (χ1n) is 6.71. The minimum absolute atomic E-state index is 0.0112. The van der Waals surface area contributed by atoms with Gasteiger partial charge in [0.05, 0.1) is 18.2 Å². The number of carbonyl (C=O) groups is 1. The zero-order valence-corrected chi connectivity index (χ0v) is 11.0. The highest BCUT2D eigenvalue weighted by Crippen LogP contribution is 2.34. The third kappa shape index (κ3) is 2.34. The second kappa shape index (κ2) is 5.13. The number of benzene rings is 1. The largest absolute Gasteiger partial charge is 0.409 e. The Kier molecular flexibility index (Phi) is 3.31. The number of fused-ring (bicyclic) bond motifs is 2. The Labute approximate surface area is 116 Å². The standard InChI is InChI=1S/C14H17N3O3/c15-13(17-19)8-2-1-3-9(6-8)14(18)16-11-7-10-4-5-12(11)20-10/h1-3,6,10-12,19H,4-5,7H2,(H2,15,17)(H,16,18). The smallest absolute Gasteiger partial charge is 0.251 e. The van der Waals surface area contributed by atoms with E-state index in [1.165, 1.54) is 0 Å². The molecule has 2 heterocycles. The van der Waals surface area contributed by atoms with Gasteiger partial charge in [0.2, 0.25) is 0 Å². The molecule has 0 radical (unpaired) electrons. The average Bonchev–Trinajstić information content (AvgIpc) is 3.09. The summed E-state index contributed by atoms with van der Waals surface area (Å²) in [5.41, 5.74) is 6.54. The van der Waals surface area contributed by atoms with Crippen molar-refractivity contribution in [3.05, 3.63) is 35.4 Å². The summed E-state index contributed by atoms with van der Waals surface area (Å²) in [5, 5.41) is 14.6. The number of nitrogens with one attached hydrogen (secondary N) is 1. The highest BCUT2D eigenvalue weighted by atomic mass is 16.5. The monoisotopic (exact) mass is 275 g/mol. The van der Waals surface area contributed by atoms with Crippen molar-refractivity contribution in [2.75, 3.05) is 0 Å². The van der Waals surface area contributed by atoms with E-state index in [0.29, 0.717) is 17.2 Å². The van der Waals surface area contributed by atoms with Crippen LogP contribution in [0.1, 0.15) is 35.2 Å². The topological polar surface area (TPSA) is 96.9 Å². The van der Waals surface area contributed by atoms with Gasteiger partial charge in [0.1, 0.15) is 0 Å². The van der Waals surface area contributed by atoms with Gasteiger partial charge >= 0.3 is 0 Å². The van der Waals surface area contributed by atoms with Crippen LogP contribution < -0.4 is 11.1 Å². The van der Waals surface area contributed by atoms with Gasteiger partial charge in [-0.15, -0.1) is 0 Å². The normalized spacial score (nSPS) is 28.6. The van der Waals surface area contributed by atoms with E-state index in [9.17, 15) is 4.79 Å². The van der Waals surface area contributed by atoms with Crippen molar-refractivity contribution in [3.8, 4) is 0 Å². The molecule has 20 heavy (non-hydrogen) atoms. The van der Waals surface area contributed by atoms with Crippen molar-refractivity contribution in [3.63, 3.8) is 0 Å². The Hall–Kier alpha value is -2.08. The molecule has 2 fully saturated rings. The number of amidine groups is 1. The van der Waals surface area contributed by atoms with Gasteiger partial charge in [-0.05, 0) is 31.4 Å². The molecule has 2 bridgehead atoms. The Morgan fingerprint density at radius 1 is 1.40 bits per heavy atom. The number of amides is 1. The van der Waals surface area contributed by atoms with Gasteiger partial charge in [0, 0.05) is 11.1 Å². The van der Waals surface area contributed by atoms with Gasteiger partial charge in [0.25, 0.3) is 5.91 Å². The summed E-state index contributed by atoms with van der Waals surface area (Å²) >= 11 is 0. The summed E-state index contributed by atoms with van der Waals surface area (Å²) < 4.78 is 5.71. The molecule has 3 atom stereocenters. The van der Waals surface area contributed by atoms with E-state index in [1.807, 2.05) is 0 Å². The molecule has 2 aliphatic heterocycles. The van der Waals surface area contributed by atoms with Gasteiger partial charge in [-0.2, -0.15) is 0 Å². The molecule has 1 amide bonds. The fourth-order valence-corrected chi connectivity index (χ4v) is 2.92. The lowest BCUT2D eigenvalue weighted by atomic mass is 9.95. The first-order chi connectivity index (χ1) is 9.67. The molecule has 3 rings (SSSR count). The van der Waals surface area contributed by atoms with E-state index >= 15 is 0 Å². The fourth-order valence-electron chi connectivity index (χ4n) is 2.92. The summed E-state index contributed by atoms with van der Waals surface area (Å²) in [7, 11) is 0. The maximum atomic E-state index is 12.2. The van der Waals surface area contributed by atoms with Crippen LogP contribution in [-0.2, 0) is 4.74 Å². The Morgan fingerprint density at radius 2 is 2.20 bits per heavy atom. The fraction of sp³-hybridized carbons (Fsp3) is 0.429. The van der Waals surface area contributed by atoms with E-state index in [2.05, 4.69) is 10.5 Å². The summed E-state index contributed by atoms with van der Waals surface area (Å²) in [6.45, 7) is 0. The average molecular weight is 275 g/mol. The molecule has 1 aromatic carbocycles. The highest BCUT2D eigenvalue weighted by Gasteiger charge is 2.41. The summed E-state index contributed by atoms with van der Waals surface area (Å²) in [6.07, 6.45) is 3.44. The molecule has 6 nitrogen and oxygen atoms in total. The van der Waals surface area contributed by atoms with Crippen LogP contribution in [-0.4, -0.2) is 35.2 Å². The first kappa shape index (κ1) is 12.9. The Morgan fingerprint density at radius 3 is 2.85 bits per heavy atom. The molecule has 1 aromatic rings. The number of hydrogen-bond acceptors (Lipinski definition) is 4. The molecule has 6 heteroatoms. The number of oxime groups is 1. The second-order valence-electron chi connectivity index (χ2n) is 5.26. The molecule has 4 N–H and O–H groups in total. The van der Waals surface area contributed by atoms with Crippen molar-refractivity contribution >= 4 is 11.7 Å². The molecule has 3 unspecified atom stereocenters. The third-order valence-electron chi connectivity index (χ3n) is 3.95. The lowest BCUT2D eigenvalue weighted by Gasteiger charge is -2.20. The van der Waals surface area contributed by atoms with Crippen LogP contribution in [0.25, 0.3) is 0 Å². The molecule has 2 saturated heterocycles. The Bertz CT molecular complexity index is 558. The predicted molar refractivity (Wildman–Crippen MR) is 72.7 cm³/mol. The number of rotatable bonds is 3. The van der Waals surface area contributed by atoms with Crippen molar-refractivity contribution in [1.29, 1.82) is 0 Å². The van der Waals surface area contributed by atoms with Crippen molar-refractivity contribution in [1.82, 2.24) is 5.32 Å². The molecule has 2 aliphatic rings. The van der Waals surface area contributed by atoms with E-state index in [0.717, 1.165) is 19.3 Å². The molecule has 0 aromatic heterocycles. The molecular formula is C14H17N3O3. The predicted octanol–water partition coefficient (Wildman–Crippen LogP) is 0.831. The van der Waals surface area contributed by atoms with Crippen LogP contribution >= 0.6 is 0 Å². The quantitative estimate of drug-likeness (QED) is 0.329. The van der Waals surface area contributed by atoms with Crippen molar-refractivity contribution in [2.24, 2.45) is 10.9 Å². The summed E-state index contributed by atoms with van der Waals surface area (Å²) in [6, 6.07) is 6.80. The number of carbonyl (C=O) groups excluding carboxylic acids is 1. The number of ether oxygens (including phenoxy) is 1. The zero-order valence-electron chi connectivity index (χ0n) is 11.0. The van der Waals surface area contributed by atoms with Crippen LogP contribution in [0.4, 0.5) is 0 Å². The minimum atomic E-state index is -0.154. The molecule has 0 saturated carbocycles. The lowest BCUT2D eigenvalue weighted by molar-refractivity contribution is 0.0841. The van der Waals surface area contributed by atoms with Gasteiger partial charge < -0.3 is 21.0 Å².